The molecule has 1 heterocycles. The molecule has 0 spiro atoms. The Morgan fingerprint density at radius 2 is 1.67 bits per heavy atom. The SMILES string of the molecule is CCc1cnc(-c2ccc(C(F)(F)F)cc2)cn1. The van der Waals surface area contributed by atoms with Crippen molar-refractivity contribution in [3.63, 3.8) is 0 Å². The van der Waals surface area contributed by atoms with Crippen molar-refractivity contribution >= 4 is 0 Å². The predicted octanol–water partition coefficient (Wildman–Crippen LogP) is 3.72. The van der Waals surface area contributed by atoms with Gasteiger partial charge in [-0.3, -0.25) is 9.97 Å². The summed E-state index contributed by atoms with van der Waals surface area (Å²) in [6, 6.07) is 4.90. The Morgan fingerprint density at radius 1 is 1.00 bits per heavy atom. The molecule has 0 fully saturated rings. The third-order valence-corrected chi connectivity index (χ3v) is 2.58. The maximum absolute atomic E-state index is 12.4. The van der Waals surface area contributed by atoms with E-state index >= 15 is 0 Å². The highest BCUT2D eigenvalue weighted by atomic mass is 19.4. The predicted molar refractivity (Wildman–Crippen MR) is 61.8 cm³/mol. The molecular weight excluding hydrogens is 241 g/mol. The van der Waals surface area contributed by atoms with Crippen LogP contribution in [0.2, 0.25) is 0 Å². The summed E-state index contributed by atoms with van der Waals surface area (Å²) in [6.45, 7) is 1.96. The number of aryl methyl sites for hydroxylation is 1. The largest absolute Gasteiger partial charge is 0.416 e. The first-order valence-corrected chi connectivity index (χ1v) is 5.49. The Hall–Kier alpha value is -1.91. The van der Waals surface area contributed by atoms with E-state index in [0.29, 0.717) is 11.3 Å². The zero-order chi connectivity index (χ0) is 13.2. The van der Waals surface area contributed by atoms with Gasteiger partial charge in [-0.25, -0.2) is 0 Å². The van der Waals surface area contributed by atoms with Gasteiger partial charge in [0.1, 0.15) is 0 Å². The van der Waals surface area contributed by atoms with E-state index in [1.165, 1.54) is 12.1 Å². The van der Waals surface area contributed by atoms with Crippen molar-refractivity contribution in [2.75, 3.05) is 0 Å². The number of benzene rings is 1. The number of hydrogen-bond donors (Lipinski definition) is 0. The van der Waals surface area contributed by atoms with Crippen molar-refractivity contribution in [2.45, 2.75) is 19.5 Å². The highest BCUT2D eigenvalue weighted by molar-refractivity contribution is 5.58. The molecule has 0 N–H and O–H groups in total. The first-order valence-electron chi connectivity index (χ1n) is 5.49. The summed E-state index contributed by atoms with van der Waals surface area (Å²) >= 11 is 0. The van der Waals surface area contributed by atoms with Crippen molar-refractivity contribution in [2.24, 2.45) is 0 Å². The van der Waals surface area contributed by atoms with Gasteiger partial charge < -0.3 is 0 Å². The summed E-state index contributed by atoms with van der Waals surface area (Å²) in [4.78, 5) is 8.33. The number of halogens is 3. The van der Waals surface area contributed by atoms with Crippen LogP contribution in [0, 0.1) is 0 Å². The maximum atomic E-state index is 12.4. The molecule has 2 aromatic rings. The molecule has 1 aromatic carbocycles. The second-order valence-corrected chi connectivity index (χ2v) is 3.82. The van der Waals surface area contributed by atoms with Crippen LogP contribution < -0.4 is 0 Å². The zero-order valence-corrected chi connectivity index (χ0v) is 9.70. The minimum atomic E-state index is -4.31. The lowest BCUT2D eigenvalue weighted by atomic mass is 10.1. The number of nitrogens with zero attached hydrogens (tertiary/aromatic N) is 2. The Kier molecular flexibility index (Phi) is 3.32. The van der Waals surface area contributed by atoms with Crippen LogP contribution in [0.3, 0.4) is 0 Å². The molecule has 2 nitrogen and oxygen atoms in total. The summed E-state index contributed by atoms with van der Waals surface area (Å²) in [6.07, 6.45) is -0.328. The van der Waals surface area contributed by atoms with E-state index in [-0.39, 0.29) is 0 Å². The summed E-state index contributed by atoms with van der Waals surface area (Å²) < 4.78 is 37.2. The quantitative estimate of drug-likeness (QED) is 0.814. The van der Waals surface area contributed by atoms with Gasteiger partial charge in [0, 0.05) is 11.8 Å². The molecule has 0 bridgehead atoms. The zero-order valence-electron chi connectivity index (χ0n) is 9.70. The van der Waals surface area contributed by atoms with E-state index in [9.17, 15) is 13.2 Å². The molecule has 5 heteroatoms. The van der Waals surface area contributed by atoms with Crippen LogP contribution in [0.15, 0.2) is 36.7 Å². The van der Waals surface area contributed by atoms with E-state index in [0.717, 1.165) is 24.2 Å². The first-order chi connectivity index (χ1) is 8.50. The molecule has 0 saturated carbocycles. The minimum Gasteiger partial charge on any atom is -0.257 e. The van der Waals surface area contributed by atoms with E-state index < -0.39 is 11.7 Å². The lowest BCUT2D eigenvalue weighted by molar-refractivity contribution is -0.137. The second kappa shape index (κ2) is 4.76. The van der Waals surface area contributed by atoms with Gasteiger partial charge in [-0.05, 0) is 18.6 Å². The van der Waals surface area contributed by atoms with Crippen LogP contribution in [0.25, 0.3) is 11.3 Å². The van der Waals surface area contributed by atoms with Crippen LogP contribution in [0.4, 0.5) is 13.2 Å². The molecule has 0 atom stereocenters. The number of rotatable bonds is 2. The van der Waals surface area contributed by atoms with Gasteiger partial charge in [0.25, 0.3) is 0 Å². The summed E-state index contributed by atoms with van der Waals surface area (Å²) in [7, 11) is 0. The Morgan fingerprint density at radius 3 is 2.11 bits per heavy atom. The maximum Gasteiger partial charge on any atom is 0.416 e. The molecule has 0 radical (unpaired) electrons. The molecule has 0 aliphatic rings. The van der Waals surface area contributed by atoms with E-state index in [1.807, 2.05) is 6.92 Å². The van der Waals surface area contributed by atoms with Crippen molar-refractivity contribution in [1.29, 1.82) is 0 Å². The van der Waals surface area contributed by atoms with E-state index in [1.54, 1.807) is 12.4 Å². The fourth-order valence-electron chi connectivity index (χ4n) is 1.52. The topological polar surface area (TPSA) is 25.8 Å². The highest BCUT2D eigenvalue weighted by Gasteiger charge is 2.29. The smallest absolute Gasteiger partial charge is 0.257 e. The molecular formula is C13H11F3N2. The monoisotopic (exact) mass is 252 g/mol. The number of alkyl halides is 3. The lowest BCUT2D eigenvalue weighted by Gasteiger charge is -2.07. The average Bonchev–Trinajstić information content (AvgIpc) is 2.38. The van der Waals surface area contributed by atoms with Crippen LogP contribution in [-0.2, 0) is 12.6 Å². The fraction of sp³-hybridized carbons (Fsp3) is 0.231. The average molecular weight is 252 g/mol. The highest BCUT2D eigenvalue weighted by Crippen LogP contribution is 2.30. The van der Waals surface area contributed by atoms with Crippen LogP contribution in [-0.4, -0.2) is 9.97 Å². The second-order valence-electron chi connectivity index (χ2n) is 3.82. The first kappa shape index (κ1) is 12.5. The van der Waals surface area contributed by atoms with Crippen molar-refractivity contribution in [3.05, 3.63) is 47.9 Å². The summed E-state index contributed by atoms with van der Waals surface area (Å²) in [5, 5.41) is 0. The van der Waals surface area contributed by atoms with Crippen molar-refractivity contribution in [3.8, 4) is 11.3 Å². The molecule has 0 unspecified atom stereocenters. The van der Waals surface area contributed by atoms with Crippen LogP contribution >= 0.6 is 0 Å². The molecule has 0 amide bonds. The molecule has 0 aliphatic carbocycles. The number of hydrogen-bond acceptors (Lipinski definition) is 2. The minimum absolute atomic E-state index is 0.570. The normalized spacial score (nSPS) is 11.6. The van der Waals surface area contributed by atoms with Crippen molar-refractivity contribution < 1.29 is 13.2 Å². The lowest BCUT2D eigenvalue weighted by Crippen LogP contribution is -2.04. The fourth-order valence-corrected chi connectivity index (χ4v) is 1.52. The molecule has 18 heavy (non-hydrogen) atoms. The van der Waals surface area contributed by atoms with E-state index in [4.69, 9.17) is 0 Å². The molecule has 0 aliphatic heterocycles. The third kappa shape index (κ3) is 2.67. The third-order valence-electron chi connectivity index (χ3n) is 2.58. The van der Waals surface area contributed by atoms with Crippen molar-refractivity contribution in [1.82, 2.24) is 9.97 Å². The van der Waals surface area contributed by atoms with Crippen LogP contribution in [0.1, 0.15) is 18.2 Å². The standard InChI is InChI=1S/C13H11F3N2/c1-2-11-7-18-12(8-17-11)9-3-5-10(6-4-9)13(14,15)16/h3-8H,2H2,1H3. The molecule has 2 rings (SSSR count). The van der Waals surface area contributed by atoms with E-state index in [2.05, 4.69) is 9.97 Å². The Bertz CT molecular complexity index is 515. The summed E-state index contributed by atoms with van der Waals surface area (Å²) in [5.41, 5.74) is 1.38. The molecule has 0 saturated heterocycles. The van der Waals surface area contributed by atoms with Crippen LogP contribution in [0.5, 0.6) is 0 Å². The van der Waals surface area contributed by atoms with Gasteiger partial charge in [0.05, 0.1) is 23.1 Å². The van der Waals surface area contributed by atoms with Gasteiger partial charge in [-0.15, -0.1) is 0 Å². The molecule has 1 aromatic heterocycles. The number of aromatic nitrogens is 2. The van der Waals surface area contributed by atoms with Gasteiger partial charge >= 0.3 is 6.18 Å². The summed E-state index contributed by atoms with van der Waals surface area (Å²) in [5.74, 6) is 0. The van der Waals surface area contributed by atoms with Gasteiger partial charge in [0.2, 0.25) is 0 Å². The Balaban J connectivity index is 2.28. The molecule has 94 valence electrons. The van der Waals surface area contributed by atoms with Gasteiger partial charge in [-0.1, -0.05) is 19.1 Å². The van der Waals surface area contributed by atoms with Gasteiger partial charge in [-0.2, -0.15) is 13.2 Å². The van der Waals surface area contributed by atoms with Gasteiger partial charge in [0.15, 0.2) is 0 Å². The Labute approximate surface area is 103 Å².